The number of halogens is 1. The summed E-state index contributed by atoms with van der Waals surface area (Å²) in [5.74, 6) is -0.0999. The maximum atomic E-state index is 13.3. The van der Waals surface area contributed by atoms with Crippen LogP contribution in [0.3, 0.4) is 0 Å². The van der Waals surface area contributed by atoms with E-state index in [1.807, 2.05) is 13.8 Å². The number of ether oxygens (including phenoxy) is 1. The highest BCUT2D eigenvalue weighted by Gasteiger charge is 2.46. The minimum absolute atomic E-state index is 0.204. The SMILES string of the molecule is CCOc1ccc(F)cc1CC(C)C1CC1C(=O)O. The molecule has 3 nitrogen and oxygen atoms in total. The van der Waals surface area contributed by atoms with Crippen LogP contribution >= 0.6 is 0 Å². The average molecular weight is 266 g/mol. The predicted molar refractivity (Wildman–Crippen MR) is 69.7 cm³/mol. The van der Waals surface area contributed by atoms with Crippen LogP contribution < -0.4 is 4.74 Å². The normalized spacial score (nSPS) is 22.9. The van der Waals surface area contributed by atoms with E-state index in [-0.39, 0.29) is 23.6 Å². The first kappa shape index (κ1) is 13.8. The molecule has 1 aliphatic rings. The van der Waals surface area contributed by atoms with Gasteiger partial charge in [-0.25, -0.2) is 4.39 Å². The molecule has 104 valence electrons. The minimum atomic E-state index is -0.721. The Morgan fingerprint density at radius 1 is 1.58 bits per heavy atom. The molecule has 0 aliphatic heterocycles. The van der Waals surface area contributed by atoms with E-state index in [4.69, 9.17) is 9.84 Å². The molecule has 1 aromatic rings. The van der Waals surface area contributed by atoms with Crippen LogP contribution in [0.4, 0.5) is 4.39 Å². The van der Waals surface area contributed by atoms with E-state index in [0.717, 1.165) is 12.0 Å². The Balaban J connectivity index is 2.06. The summed E-state index contributed by atoms with van der Waals surface area (Å²) in [7, 11) is 0. The Hall–Kier alpha value is -1.58. The molecule has 1 aliphatic carbocycles. The van der Waals surface area contributed by atoms with Crippen molar-refractivity contribution < 1.29 is 19.0 Å². The van der Waals surface area contributed by atoms with Gasteiger partial charge in [-0.1, -0.05) is 6.92 Å². The smallest absolute Gasteiger partial charge is 0.306 e. The lowest BCUT2D eigenvalue weighted by Gasteiger charge is -2.14. The highest BCUT2D eigenvalue weighted by Crippen LogP contribution is 2.46. The summed E-state index contributed by atoms with van der Waals surface area (Å²) in [5, 5.41) is 8.94. The van der Waals surface area contributed by atoms with Crippen LogP contribution in [-0.4, -0.2) is 17.7 Å². The molecule has 1 fully saturated rings. The summed E-state index contributed by atoms with van der Waals surface area (Å²) >= 11 is 0. The van der Waals surface area contributed by atoms with Crippen molar-refractivity contribution in [3.63, 3.8) is 0 Å². The molecule has 1 N–H and O–H groups in total. The summed E-state index contributed by atoms with van der Waals surface area (Å²) in [6.07, 6.45) is 1.39. The first-order valence-corrected chi connectivity index (χ1v) is 6.67. The van der Waals surface area contributed by atoms with Gasteiger partial charge in [0.1, 0.15) is 11.6 Å². The van der Waals surface area contributed by atoms with E-state index >= 15 is 0 Å². The zero-order valence-electron chi connectivity index (χ0n) is 11.2. The van der Waals surface area contributed by atoms with Crippen molar-refractivity contribution in [1.29, 1.82) is 0 Å². The van der Waals surface area contributed by atoms with Gasteiger partial charge in [0.05, 0.1) is 12.5 Å². The van der Waals surface area contributed by atoms with E-state index in [1.165, 1.54) is 12.1 Å². The van der Waals surface area contributed by atoms with Gasteiger partial charge in [-0.2, -0.15) is 0 Å². The van der Waals surface area contributed by atoms with Crippen molar-refractivity contribution in [1.82, 2.24) is 0 Å². The van der Waals surface area contributed by atoms with Crippen molar-refractivity contribution in [2.24, 2.45) is 17.8 Å². The molecule has 1 aromatic carbocycles. The molecule has 1 saturated carbocycles. The van der Waals surface area contributed by atoms with Crippen LogP contribution in [0.2, 0.25) is 0 Å². The minimum Gasteiger partial charge on any atom is -0.494 e. The molecule has 0 heterocycles. The molecule has 19 heavy (non-hydrogen) atoms. The second-order valence-corrected chi connectivity index (χ2v) is 5.21. The van der Waals surface area contributed by atoms with Crippen molar-refractivity contribution >= 4 is 5.97 Å². The second kappa shape index (κ2) is 5.59. The van der Waals surface area contributed by atoms with Crippen LogP contribution in [0.25, 0.3) is 0 Å². The van der Waals surface area contributed by atoms with Gasteiger partial charge < -0.3 is 9.84 Å². The third-order valence-electron chi connectivity index (χ3n) is 3.75. The van der Waals surface area contributed by atoms with Crippen LogP contribution in [0, 0.1) is 23.6 Å². The van der Waals surface area contributed by atoms with Gasteiger partial charge in [-0.3, -0.25) is 4.79 Å². The maximum Gasteiger partial charge on any atom is 0.306 e. The van der Waals surface area contributed by atoms with E-state index in [9.17, 15) is 9.18 Å². The number of rotatable bonds is 6. The van der Waals surface area contributed by atoms with Gasteiger partial charge >= 0.3 is 5.97 Å². The number of carboxylic acids is 1. The average Bonchev–Trinajstić information content (AvgIpc) is 3.13. The third kappa shape index (κ3) is 3.25. The number of benzene rings is 1. The lowest BCUT2D eigenvalue weighted by atomic mass is 9.95. The summed E-state index contributed by atoms with van der Waals surface area (Å²) in [6.45, 7) is 4.44. The molecule has 0 spiro atoms. The predicted octanol–water partition coefficient (Wildman–Crippen LogP) is 3.12. The molecule has 0 bridgehead atoms. The molecule has 2 rings (SSSR count). The van der Waals surface area contributed by atoms with Crippen LogP contribution in [0.15, 0.2) is 18.2 Å². The summed E-state index contributed by atoms with van der Waals surface area (Å²) in [4.78, 5) is 10.9. The Bertz CT molecular complexity index is 472. The van der Waals surface area contributed by atoms with Gasteiger partial charge in [0.25, 0.3) is 0 Å². The summed E-state index contributed by atoms with van der Waals surface area (Å²) < 4.78 is 18.8. The standard InChI is InChI=1S/C15H19FO3/c1-3-19-14-5-4-11(16)7-10(14)6-9(2)12-8-13(12)15(17)18/h4-5,7,9,12-13H,3,6,8H2,1-2H3,(H,17,18). The van der Waals surface area contributed by atoms with Gasteiger partial charge in [0.15, 0.2) is 0 Å². The fourth-order valence-electron chi connectivity index (χ4n) is 2.63. The van der Waals surface area contributed by atoms with Crippen LogP contribution in [-0.2, 0) is 11.2 Å². The molecule has 0 amide bonds. The van der Waals surface area contributed by atoms with Crippen molar-refractivity contribution in [2.75, 3.05) is 6.61 Å². The van der Waals surface area contributed by atoms with Gasteiger partial charge in [0.2, 0.25) is 0 Å². The van der Waals surface area contributed by atoms with Crippen LogP contribution in [0.5, 0.6) is 5.75 Å². The lowest BCUT2D eigenvalue weighted by Crippen LogP contribution is -2.09. The first-order chi connectivity index (χ1) is 9.02. The van der Waals surface area contributed by atoms with Crippen molar-refractivity contribution in [2.45, 2.75) is 26.7 Å². The van der Waals surface area contributed by atoms with Crippen LogP contribution in [0.1, 0.15) is 25.8 Å². The molecule has 3 unspecified atom stereocenters. The van der Waals surface area contributed by atoms with E-state index < -0.39 is 5.97 Å². The maximum absolute atomic E-state index is 13.3. The Kier molecular flexibility index (Phi) is 4.08. The van der Waals surface area contributed by atoms with Crippen molar-refractivity contribution in [3.8, 4) is 5.75 Å². The Morgan fingerprint density at radius 3 is 2.89 bits per heavy atom. The lowest BCUT2D eigenvalue weighted by molar-refractivity contribution is -0.139. The highest BCUT2D eigenvalue weighted by molar-refractivity contribution is 5.73. The number of aliphatic carboxylic acids is 1. The first-order valence-electron chi connectivity index (χ1n) is 6.67. The molecule has 4 heteroatoms. The van der Waals surface area contributed by atoms with Gasteiger partial charge in [0, 0.05) is 0 Å². The summed E-state index contributed by atoms with van der Waals surface area (Å²) in [6, 6.07) is 4.51. The monoisotopic (exact) mass is 266 g/mol. The number of carbonyl (C=O) groups is 1. The highest BCUT2D eigenvalue weighted by atomic mass is 19.1. The zero-order chi connectivity index (χ0) is 14.0. The molecule has 0 radical (unpaired) electrons. The zero-order valence-corrected chi connectivity index (χ0v) is 11.2. The largest absolute Gasteiger partial charge is 0.494 e. The Morgan fingerprint density at radius 2 is 2.32 bits per heavy atom. The molecule has 0 saturated heterocycles. The quantitative estimate of drug-likeness (QED) is 0.860. The number of hydrogen-bond donors (Lipinski definition) is 1. The molecule has 3 atom stereocenters. The fraction of sp³-hybridized carbons (Fsp3) is 0.533. The number of carboxylic acid groups (broad SMARTS) is 1. The van der Waals surface area contributed by atoms with E-state index in [0.29, 0.717) is 18.8 Å². The number of hydrogen-bond acceptors (Lipinski definition) is 2. The molecular formula is C15H19FO3. The molecule has 0 aromatic heterocycles. The molecular weight excluding hydrogens is 247 g/mol. The summed E-state index contributed by atoms with van der Waals surface area (Å²) in [5.41, 5.74) is 0.824. The van der Waals surface area contributed by atoms with E-state index in [2.05, 4.69) is 0 Å². The second-order valence-electron chi connectivity index (χ2n) is 5.21. The Labute approximate surface area is 112 Å². The third-order valence-corrected chi connectivity index (χ3v) is 3.75. The van der Waals surface area contributed by atoms with Gasteiger partial charge in [-0.15, -0.1) is 0 Å². The van der Waals surface area contributed by atoms with Crippen molar-refractivity contribution in [3.05, 3.63) is 29.6 Å². The topological polar surface area (TPSA) is 46.5 Å². The van der Waals surface area contributed by atoms with Gasteiger partial charge in [-0.05, 0) is 55.4 Å². The van der Waals surface area contributed by atoms with E-state index in [1.54, 1.807) is 6.07 Å². The fourth-order valence-corrected chi connectivity index (χ4v) is 2.63.